The molecule has 9 heteroatoms. The maximum absolute atomic E-state index is 9.45. The minimum atomic E-state index is -0.646. The van der Waals surface area contributed by atoms with Crippen LogP contribution in [0.4, 0.5) is 16.0 Å². The summed E-state index contributed by atoms with van der Waals surface area (Å²) < 4.78 is 11.3. The molecule has 4 rings (SSSR count). The molecule has 7 nitrogen and oxygen atoms in total. The number of aromatic nitrogens is 2. The Balaban J connectivity index is 1.57. The predicted octanol–water partition coefficient (Wildman–Crippen LogP) is 3.84. The molecule has 0 spiro atoms. The number of aliphatic hydroxyl groups excluding tert-OH is 1. The molecule has 1 aromatic carbocycles. The summed E-state index contributed by atoms with van der Waals surface area (Å²) in [7, 11) is 0. The van der Waals surface area contributed by atoms with E-state index in [0.29, 0.717) is 24.1 Å². The first-order valence-corrected chi connectivity index (χ1v) is 9.83. The van der Waals surface area contributed by atoms with E-state index >= 15 is 0 Å². The molecule has 2 aromatic heterocycles. The van der Waals surface area contributed by atoms with Gasteiger partial charge in [0.2, 0.25) is 0 Å². The molecule has 0 saturated heterocycles. The molecule has 26 heavy (non-hydrogen) atoms. The van der Waals surface area contributed by atoms with Crippen LogP contribution in [0.2, 0.25) is 0 Å². The summed E-state index contributed by atoms with van der Waals surface area (Å²) in [5.74, 6) is 1.46. The number of ether oxygens (including phenoxy) is 2. The highest BCUT2D eigenvalue weighted by Gasteiger charge is 2.18. The fourth-order valence-electron chi connectivity index (χ4n) is 2.60. The number of hydrogen-bond donors (Lipinski definition) is 3. The Morgan fingerprint density at radius 1 is 1.19 bits per heavy atom. The molecular weight excluding hydrogens is 372 g/mol. The Kier molecular flexibility index (Phi) is 4.66. The van der Waals surface area contributed by atoms with Gasteiger partial charge in [-0.25, -0.2) is 9.97 Å². The number of para-hydroxylation sites is 1. The number of rotatable bonds is 5. The van der Waals surface area contributed by atoms with E-state index in [1.807, 2.05) is 30.5 Å². The fourth-order valence-corrected chi connectivity index (χ4v) is 4.39. The van der Waals surface area contributed by atoms with E-state index < -0.39 is 6.23 Å². The van der Waals surface area contributed by atoms with E-state index in [-0.39, 0.29) is 0 Å². The van der Waals surface area contributed by atoms with Gasteiger partial charge in [-0.2, -0.15) is 0 Å². The molecule has 1 aliphatic heterocycles. The summed E-state index contributed by atoms with van der Waals surface area (Å²) >= 11 is 2.99. The highest BCUT2D eigenvalue weighted by Crippen LogP contribution is 2.40. The first kappa shape index (κ1) is 17.1. The van der Waals surface area contributed by atoms with Crippen LogP contribution in [0.3, 0.4) is 0 Å². The number of aryl methyl sites for hydroxylation is 1. The average Bonchev–Trinajstić information content (AvgIpc) is 3.21. The quantitative estimate of drug-likeness (QED) is 0.570. The first-order chi connectivity index (χ1) is 12.6. The van der Waals surface area contributed by atoms with Crippen LogP contribution < -0.4 is 20.1 Å². The van der Waals surface area contributed by atoms with Crippen molar-refractivity contribution in [3.63, 3.8) is 0 Å². The van der Waals surface area contributed by atoms with Crippen molar-refractivity contribution in [3.8, 4) is 22.1 Å². The molecule has 1 aliphatic rings. The Hall–Kier alpha value is -2.36. The van der Waals surface area contributed by atoms with Crippen molar-refractivity contribution in [2.24, 2.45) is 0 Å². The van der Waals surface area contributed by atoms with E-state index in [1.165, 1.54) is 22.7 Å². The van der Waals surface area contributed by atoms with Gasteiger partial charge in [0.1, 0.15) is 19.4 Å². The van der Waals surface area contributed by atoms with Gasteiger partial charge < -0.3 is 25.2 Å². The highest BCUT2D eigenvalue weighted by atomic mass is 32.1. The highest BCUT2D eigenvalue weighted by molar-refractivity contribution is 7.19. The summed E-state index contributed by atoms with van der Waals surface area (Å²) in [6.07, 6.45) is -0.646. The van der Waals surface area contributed by atoms with Crippen LogP contribution in [0.5, 0.6) is 11.5 Å². The Labute approximate surface area is 158 Å². The zero-order valence-electron chi connectivity index (χ0n) is 14.3. The molecule has 0 bridgehead atoms. The average molecular weight is 390 g/mol. The minimum absolute atomic E-state index is 0.536. The summed E-state index contributed by atoms with van der Waals surface area (Å²) in [5, 5.41) is 19.1. The molecule has 0 saturated carbocycles. The van der Waals surface area contributed by atoms with Crippen molar-refractivity contribution >= 4 is 38.6 Å². The summed E-state index contributed by atoms with van der Waals surface area (Å²) in [6.45, 7) is 4.69. The van der Waals surface area contributed by atoms with Gasteiger partial charge in [0.05, 0.1) is 22.0 Å². The van der Waals surface area contributed by atoms with Crippen molar-refractivity contribution in [3.05, 3.63) is 29.3 Å². The van der Waals surface area contributed by atoms with Crippen LogP contribution >= 0.6 is 22.7 Å². The zero-order valence-corrected chi connectivity index (χ0v) is 15.9. The predicted molar refractivity (Wildman–Crippen MR) is 104 cm³/mol. The van der Waals surface area contributed by atoms with Crippen LogP contribution in [0.1, 0.15) is 12.6 Å². The summed E-state index contributed by atoms with van der Waals surface area (Å²) in [6, 6.07) is 5.76. The first-order valence-electron chi connectivity index (χ1n) is 8.14. The lowest BCUT2D eigenvalue weighted by molar-refractivity contribution is 0.172. The molecule has 3 aromatic rings. The molecule has 0 amide bonds. The monoisotopic (exact) mass is 390 g/mol. The largest absolute Gasteiger partial charge is 0.486 e. The SMILES string of the molecule is Cc1nc(NC(C)O)sc1-c1csc(Nc2cccc3c2OCCO3)n1. The van der Waals surface area contributed by atoms with Crippen molar-refractivity contribution in [2.75, 3.05) is 23.8 Å². The molecule has 3 heterocycles. The van der Waals surface area contributed by atoms with Gasteiger partial charge in [-0.15, -0.1) is 11.3 Å². The second-order valence-electron chi connectivity index (χ2n) is 5.75. The van der Waals surface area contributed by atoms with Crippen LogP contribution in [0.25, 0.3) is 10.6 Å². The standard InChI is InChI=1S/C17H18N4O3S2/c1-9-15(26-17(18-9)19-10(2)22)12-8-25-16(21-12)20-11-4-3-5-13-14(11)24-7-6-23-13/h3-5,8,10,22H,6-7H2,1-2H3,(H,18,19)(H,20,21). The van der Waals surface area contributed by atoms with Gasteiger partial charge in [0.25, 0.3) is 0 Å². The number of benzene rings is 1. The molecular formula is C17H18N4O3S2. The van der Waals surface area contributed by atoms with E-state index in [0.717, 1.165) is 32.8 Å². The summed E-state index contributed by atoms with van der Waals surface area (Å²) in [5.41, 5.74) is 2.57. The van der Waals surface area contributed by atoms with Crippen LogP contribution in [0, 0.1) is 6.92 Å². The zero-order chi connectivity index (χ0) is 18.1. The number of thiazole rings is 2. The third kappa shape index (κ3) is 3.46. The lowest BCUT2D eigenvalue weighted by atomic mass is 10.2. The van der Waals surface area contributed by atoms with Gasteiger partial charge in [-0.05, 0) is 26.0 Å². The number of fused-ring (bicyclic) bond motifs is 1. The number of nitrogens with one attached hydrogen (secondary N) is 2. The van der Waals surface area contributed by atoms with Gasteiger partial charge in [0.15, 0.2) is 21.8 Å². The van der Waals surface area contributed by atoms with Crippen LogP contribution in [-0.4, -0.2) is 34.5 Å². The number of nitrogens with zero attached hydrogens (tertiary/aromatic N) is 2. The topological polar surface area (TPSA) is 88.5 Å². The third-order valence-corrected chi connectivity index (χ3v) is 5.54. The maximum Gasteiger partial charge on any atom is 0.187 e. The lowest BCUT2D eigenvalue weighted by Gasteiger charge is -2.20. The van der Waals surface area contributed by atoms with E-state index in [2.05, 4.69) is 20.6 Å². The molecule has 0 aliphatic carbocycles. The van der Waals surface area contributed by atoms with Crippen LogP contribution in [-0.2, 0) is 0 Å². The fraction of sp³-hybridized carbons (Fsp3) is 0.294. The van der Waals surface area contributed by atoms with Gasteiger partial charge in [0, 0.05) is 5.38 Å². The molecule has 0 radical (unpaired) electrons. The molecule has 1 unspecified atom stereocenters. The van der Waals surface area contributed by atoms with Gasteiger partial charge in [-0.1, -0.05) is 17.4 Å². The maximum atomic E-state index is 9.45. The lowest BCUT2D eigenvalue weighted by Crippen LogP contribution is -2.16. The number of aliphatic hydroxyl groups is 1. The molecule has 136 valence electrons. The Morgan fingerprint density at radius 3 is 2.88 bits per heavy atom. The normalized spacial score (nSPS) is 14.1. The van der Waals surface area contributed by atoms with Crippen molar-refractivity contribution in [1.29, 1.82) is 0 Å². The second-order valence-corrected chi connectivity index (χ2v) is 7.60. The van der Waals surface area contributed by atoms with E-state index in [9.17, 15) is 5.11 Å². The van der Waals surface area contributed by atoms with Gasteiger partial charge >= 0.3 is 0 Å². The van der Waals surface area contributed by atoms with E-state index in [4.69, 9.17) is 9.47 Å². The van der Waals surface area contributed by atoms with E-state index in [1.54, 1.807) is 6.92 Å². The second kappa shape index (κ2) is 7.10. The van der Waals surface area contributed by atoms with Crippen molar-refractivity contribution in [2.45, 2.75) is 20.1 Å². The summed E-state index contributed by atoms with van der Waals surface area (Å²) in [4.78, 5) is 10.1. The minimum Gasteiger partial charge on any atom is -0.486 e. The smallest absolute Gasteiger partial charge is 0.187 e. The van der Waals surface area contributed by atoms with Crippen molar-refractivity contribution in [1.82, 2.24) is 9.97 Å². The Bertz CT molecular complexity index is 923. The molecule has 0 fully saturated rings. The van der Waals surface area contributed by atoms with Crippen LogP contribution in [0.15, 0.2) is 23.6 Å². The van der Waals surface area contributed by atoms with Gasteiger partial charge in [-0.3, -0.25) is 0 Å². The number of hydrogen-bond acceptors (Lipinski definition) is 9. The molecule has 1 atom stereocenters. The Morgan fingerprint density at radius 2 is 2.04 bits per heavy atom. The van der Waals surface area contributed by atoms with Crippen molar-refractivity contribution < 1.29 is 14.6 Å². The third-order valence-electron chi connectivity index (χ3n) is 3.67. The molecule has 3 N–H and O–H groups in total. The number of anilines is 3.